The fourth-order valence-electron chi connectivity index (χ4n) is 1.84. The Morgan fingerprint density at radius 1 is 1.30 bits per heavy atom. The van der Waals surface area contributed by atoms with Gasteiger partial charge >= 0.3 is 5.97 Å². The van der Waals surface area contributed by atoms with Crippen molar-refractivity contribution in [2.75, 3.05) is 5.32 Å². The van der Waals surface area contributed by atoms with Gasteiger partial charge in [0.2, 0.25) is 0 Å². The van der Waals surface area contributed by atoms with Gasteiger partial charge in [0.1, 0.15) is 0 Å². The molecule has 20 heavy (non-hydrogen) atoms. The summed E-state index contributed by atoms with van der Waals surface area (Å²) in [6, 6.07) is 10.8. The Bertz CT molecular complexity index is 658. The zero-order chi connectivity index (χ0) is 14.7. The van der Waals surface area contributed by atoms with Gasteiger partial charge in [0.15, 0.2) is 0 Å². The molecule has 104 valence electrons. The lowest BCUT2D eigenvalue weighted by Gasteiger charge is -2.11. The number of benzene rings is 2. The van der Waals surface area contributed by atoms with Gasteiger partial charge in [0.05, 0.1) is 10.6 Å². The molecule has 0 aliphatic carbocycles. The zero-order valence-electron chi connectivity index (χ0n) is 10.8. The molecule has 2 aromatic carbocycles. The molecule has 5 heteroatoms. The minimum Gasteiger partial charge on any atom is -0.478 e. The van der Waals surface area contributed by atoms with Crippen LogP contribution in [0.3, 0.4) is 0 Å². The minimum absolute atomic E-state index is 0.291. The summed E-state index contributed by atoms with van der Waals surface area (Å²) in [4.78, 5) is 10.9. The van der Waals surface area contributed by atoms with Gasteiger partial charge < -0.3 is 10.4 Å². The van der Waals surface area contributed by atoms with Crippen molar-refractivity contribution in [3.63, 3.8) is 0 Å². The number of nitrogens with one attached hydrogen (secondary N) is 1. The van der Waals surface area contributed by atoms with Gasteiger partial charge in [0.25, 0.3) is 0 Å². The Hall–Kier alpha value is -1.52. The van der Waals surface area contributed by atoms with E-state index in [0.29, 0.717) is 17.1 Å². The highest BCUT2D eigenvalue weighted by Crippen LogP contribution is 2.24. The molecule has 0 atom stereocenters. The zero-order valence-corrected chi connectivity index (χ0v) is 13.1. The molecule has 0 aliphatic rings. The van der Waals surface area contributed by atoms with E-state index in [1.165, 1.54) is 0 Å². The van der Waals surface area contributed by atoms with Crippen molar-refractivity contribution in [1.82, 2.24) is 0 Å². The van der Waals surface area contributed by atoms with Gasteiger partial charge in [-0.05, 0) is 64.3 Å². The van der Waals surface area contributed by atoms with E-state index in [-0.39, 0.29) is 0 Å². The smallest absolute Gasteiger partial charge is 0.335 e. The van der Waals surface area contributed by atoms with Gasteiger partial charge in [-0.3, -0.25) is 0 Å². The fourth-order valence-corrected chi connectivity index (χ4v) is 2.29. The molecular weight excluding hydrogens is 342 g/mol. The van der Waals surface area contributed by atoms with Gasteiger partial charge in [0, 0.05) is 16.7 Å². The summed E-state index contributed by atoms with van der Waals surface area (Å²) in [6.45, 7) is 2.50. The molecule has 0 aromatic heterocycles. The van der Waals surface area contributed by atoms with E-state index in [1.807, 2.05) is 25.1 Å². The van der Waals surface area contributed by atoms with Gasteiger partial charge in [-0.1, -0.05) is 17.7 Å². The second-order valence-electron chi connectivity index (χ2n) is 4.44. The molecule has 0 bridgehead atoms. The summed E-state index contributed by atoms with van der Waals surface area (Å²) in [6.07, 6.45) is 0. The highest BCUT2D eigenvalue weighted by Gasteiger charge is 2.06. The van der Waals surface area contributed by atoms with Crippen LogP contribution in [0.5, 0.6) is 0 Å². The van der Waals surface area contributed by atoms with E-state index in [9.17, 15) is 4.79 Å². The van der Waals surface area contributed by atoms with Crippen molar-refractivity contribution >= 4 is 39.2 Å². The van der Waals surface area contributed by atoms with Gasteiger partial charge in [-0.15, -0.1) is 0 Å². The first-order chi connectivity index (χ1) is 9.47. The summed E-state index contributed by atoms with van der Waals surface area (Å²) in [7, 11) is 0. The first-order valence-electron chi connectivity index (χ1n) is 5.99. The lowest BCUT2D eigenvalue weighted by Crippen LogP contribution is -2.03. The van der Waals surface area contributed by atoms with Crippen LogP contribution in [-0.2, 0) is 6.54 Å². The first-order valence-corrected chi connectivity index (χ1v) is 7.16. The molecule has 0 amide bonds. The Morgan fingerprint density at radius 3 is 2.65 bits per heavy atom. The summed E-state index contributed by atoms with van der Waals surface area (Å²) in [5.41, 5.74) is 3.15. The van der Waals surface area contributed by atoms with Crippen LogP contribution in [0.2, 0.25) is 5.02 Å². The van der Waals surface area contributed by atoms with Crippen LogP contribution in [0.25, 0.3) is 0 Å². The maximum absolute atomic E-state index is 10.9. The Kier molecular flexibility index (Phi) is 4.68. The average Bonchev–Trinajstić information content (AvgIpc) is 2.41. The molecule has 2 rings (SSSR count). The Labute approximate surface area is 130 Å². The Balaban J connectivity index is 2.10. The molecule has 0 unspecified atom stereocenters. The maximum Gasteiger partial charge on any atom is 0.335 e. The molecule has 3 nitrogen and oxygen atoms in total. The Morgan fingerprint density at radius 2 is 2.05 bits per heavy atom. The second kappa shape index (κ2) is 6.29. The molecule has 0 saturated heterocycles. The molecule has 2 N–H and O–H groups in total. The molecule has 0 spiro atoms. The molecule has 0 saturated carbocycles. The molecule has 0 radical (unpaired) electrons. The van der Waals surface area contributed by atoms with E-state index >= 15 is 0 Å². The van der Waals surface area contributed by atoms with Gasteiger partial charge in [-0.2, -0.15) is 0 Å². The van der Waals surface area contributed by atoms with E-state index in [4.69, 9.17) is 16.7 Å². The third kappa shape index (κ3) is 3.52. The number of hydrogen-bond acceptors (Lipinski definition) is 2. The lowest BCUT2D eigenvalue weighted by molar-refractivity contribution is 0.0697. The SMILES string of the molecule is Cc1cc(C(=O)O)ccc1NCc1ccc(Br)c(Cl)c1. The van der Waals surface area contributed by atoms with Crippen LogP contribution in [0, 0.1) is 6.92 Å². The third-order valence-electron chi connectivity index (χ3n) is 2.94. The molecular formula is C15H13BrClNO2. The quantitative estimate of drug-likeness (QED) is 0.835. The maximum atomic E-state index is 10.9. The van der Waals surface area contributed by atoms with Crippen LogP contribution in [-0.4, -0.2) is 11.1 Å². The van der Waals surface area contributed by atoms with E-state index in [0.717, 1.165) is 21.3 Å². The van der Waals surface area contributed by atoms with Crippen LogP contribution >= 0.6 is 27.5 Å². The number of carboxylic acids is 1. The standard InChI is InChI=1S/C15H13BrClNO2/c1-9-6-11(15(19)20)3-5-14(9)18-8-10-2-4-12(16)13(17)7-10/h2-7,18H,8H2,1H3,(H,19,20). The highest BCUT2D eigenvalue weighted by atomic mass is 79.9. The minimum atomic E-state index is -0.917. The number of hydrogen-bond donors (Lipinski definition) is 2. The number of anilines is 1. The monoisotopic (exact) mass is 353 g/mol. The number of halogens is 2. The fraction of sp³-hybridized carbons (Fsp3) is 0.133. The molecule has 0 fully saturated rings. The van der Waals surface area contributed by atoms with Crippen molar-refractivity contribution in [3.8, 4) is 0 Å². The number of carboxylic acid groups (broad SMARTS) is 1. The van der Waals surface area contributed by atoms with Gasteiger partial charge in [-0.25, -0.2) is 4.79 Å². The van der Waals surface area contributed by atoms with E-state index < -0.39 is 5.97 Å². The van der Waals surface area contributed by atoms with Crippen LogP contribution in [0.1, 0.15) is 21.5 Å². The van der Waals surface area contributed by atoms with Crippen molar-refractivity contribution in [2.45, 2.75) is 13.5 Å². The van der Waals surface area contributed by atoms with E-state index in [2.05, 4.69) is 21.2 Å². The van der Waals surface area contributed by atoms with Crippen molar-refractivity contribution in [3.05, 3.63) is 62.6 Å². The molecule has 0 aliphatic heterocycles. The number of rotatable bonds is 4. The summed E-state index contributed by atoms with van der Waals surface area (Å²) in [5, 5.41) is 12.9. The number of carbonyl (C=O) groups is 1. The van der Waals surface area contributed by atoms with Crippen molar-refractivity contribution in [1.29, 1.82) is 0 Å². The number of aryl methyl sites for hydroxylation is 1. The predicted octanol–water partition coefficient (Wildman–Crippen LogP) is 4.72. The summed E-state index contributed by atoms with van der Waals surface area (Å²) >= 11 is 9.39. The average molecular weight is 355 g/mol. The second-order valence-corrected chi connectivity index (χ2v) is 5.70. The molecule has 0 heterocycles. The summed E-state index contributed by atoms with van der Waals surface area (Å²) in [5.74, 6) is -0.917. The predicted molar refractivity (Wildman–Crippen MR) is 84.6 cm³/mol. The topological polar surface area (TPSA) is 49.3 Å². The van der Waals surface area contributed by atoms with Crippen LogP contribution in [0.15, 0.2) is 40.9 Å². The normalized spacial score (nSPS) is 10.3. The van der Waals surface area contributed by atoms with E-state index in [1.54, 1.807) is 18.2 Å². The highest BCUT2D eigenvalue weighted by molar-refractivity contribution is 9.10. The van der Waals surface area contributed by atoms with Crippen LogP contribution < -0.4 is 5.32 Å². The number of aromatic carboxylic acids is 1. The largest absolute Gasteiger partial charge is 0.478 e. The lowest BCUT2D eigenvalue weighted by atomic mass is 10.1. The molecule has 2 aromatic rings. The van der Waals surface area contributed by atoms with Crippen molar-refractivity contribution < 1.29 is 9.90 Å². The van der Waals surface area contributed by atoms with Crippen molar-refractivity contribution in [2.24, 2.45) is 0 Å². The first kappa shape index (κ1) is 14.9. The van der Waals surface area contributed by atoms with Crippen LogP contribution in [0.4, 0.5) is 5.69 Å². The summed E-state index contributed by atoms with van der Waals surface area (Å²) < 4.78 is 0.866. The third-order valence-corrected chi connectivity index (χ3v) is 4.17.